The summed E-state index contributed by atoms with van der Waals surface area (Å²) in [6, 6.07) is 0. The second-order valence-corrected chi connectivity index (χ2v) is 7.12. The molecule has 24 heavy (non-hydrogen) atoms. The molecular weight excluding hydrogens is 306 g/mol. The molecule has 1 N–H and O–H groups in total. The predicted molar refractivity (Wildman–Crippen MR) is 97.0 cm³/mol. The van der Waals surface area contributed by atoms with E-state index in [4.69, 9.17) is 9.47 Å². The van der Waals surface area contributed by atoms with Crippen molar-refractivity contribution in [3.05, 3.63) is 0 Å². The Kier molecular flexibility index (Phi) is 10.7. The fourth-order valence-electron chi connectivity index (χ4n) is 2.76. The summed E-state index contributed by atoms with van der Waals surface area (Å²) in [5, 5.41) is 2.70. The van der Waals surface area contributed by atoms with Crippen molar-refractivity contribution in [2.24, 2.45) is 5.41 Å². The van der Waals surface area contributed by atoms with Crippen LogP contribution in [0.4, 0.5) is 4.79 Å². The van der Waals surface area contributed by atoms with Gasteiger partial charge in [-0.1, -0.05) is 47.0 Å². The van der Waals surface area contributed by atoms with Crippen LogP contribution in [-0.4, -0.2) is 30.8 Å². The molecule has 5 heteroatoms. The van der Waals surface area contributed by atoms with Crippen molar-refractivity contribution >= 4 is 12.1 Å². The number of esters is 1. The van der Waals surface area contributed by atoms with E-state index in [2.05, 4.69) is 26.1 Å². The third-order valence-electron chi connectivity index (χ3n) is 4.47. The molecule has 0 atom stereocenters. The van der Waals surface area contributed by atoms with Gasteiger partial charge in [-0.3, -0.25) is 4.79 Å². The summed E-state index contributed by atoms with van der Waals surface area (Å²) in [5.41, 5.74) is -0.859. The molecule has 0 aliphatic heterocycles. The van der Waals surface area contributed by atoms with Crippen LogP contribution in [0.1, 0.15) is 86.5 Å². The number of hydrogen-bond acceptors (Lipinski definition) is 4. The van der Waals surface area contributed by atoms with Gasteiger partial charge in [0.05, 0.1) is 12.0 Å². The van der Waals surface area contributed by atoms with Gasteiger partial charge in [-0.2, -0.15) is 0 Å². The quantitative estimate of drug-likeness (QED) is 0.407. The Morgan fingerprint density at radius 3 is 1.83 bits per heavy atom. The van der Waals surface area contributed by atoms with E-state index in [-0.39, 0.29) is 24.7 Å². The highest BCUT2D eigenvalue weighted by Crippen LogP contribution is 2.29. The third kappa shape index (κ3) is 8.02. The van der Waals surface area contributed by atoms with Crippen molar-refractivity contribution < 1.29 is 19.1 Å². The van der Waals surface area contributed by atoms with Crippen LogP contribution in [0, 0.1) is 5.41 Å². The molecule has 0 aromatic carbocycles. The minimum atomic E-state index is -0.487. The molecule has 0 aromatic heterocycles. The summed E-state index contributed by atoms with van der Waals surface area (Å²) < 4.78 is 11.0. The number of hydrogen-bond donors (Lipinski definition) is 1. The van der Waals surface area contributed by atoms with Crippen molar-refractivity contribution in [2.45, 2.75) is 92.1 Å². The molecule has 0 bridgehead atoms. The molecule has 0 heterocycles. The molecule has 0 aromatic rings. The van der Waals surface area contributed by atoms with Crippen molar-refractivity contribution in [1.29, 1.82) is 0 Å². The standard InChI is InChI=1S/C19H37NO4/c1-7-11-19(12-8-2,13-9-3)24-17(22)20-14-15-23-16(21)18(5,6)10-4/h7-15H2,1-6H3,(H,20,22). The molecule has 0 aliphatic rings. The highest BCUT2D eigenvalue weighted by atomic mass is 16.6. The van der Waals surface area contributed by atoms with Gasteiger partial charge in [-0.25, -0.2) is 4.79 Å². The fourth-order valence-corrected chi connectivity index (χ4v) is 2.76. The minimum Gasteiger partial charge on any atom is -0.463 e. The maximum absolute atomic E-state index is 12.1. The molecule has 0 spiro atoms. The molecule has 0 saturated carbocycles. The second kappa shape index (κ2) is 11.3. The van der Waals surface area contributed by atoms with E-state index in [1.807, 2.05) is 20.8 Å². The molecule has 0 fully saturated rings. The monoisotopic (exact) mass is 343 g/mol. The van der Waals surface area contributed by atoms with Crippen LogP contribution < -0.4 is 5.32 Å². The molecule has 0 radical (unpaired) electrons. The van der Waals surface area contributed by atoms with Gasteiger partial charge in [0, 0.05) is 0 Å². The lowest BCUT2D eigenvalue weighted by atomic mass is 9.88. The first-order valence-corrected chi connectivity index (χ1v) is 9.41. The average Bonchev–Trinajstić information content (AvgIpc) is 2.52. The maximum atomic E-state index is 12.1. The van der Waals surface area contributed by atoms with Crippen molar-refractivity contribution in [3.8, 4) is 0 Å². The number of carbonyl (C=O) groups is 2. The predicted octanol–water partition coefficient (Wildman–Crippen LogP) is 4.83. The lowest BCUT2D eigenvalue weighted by Crippen LogP contribution is -2.40. The number of alkyl carbamates (subject to hydrolysis) is 1. The number of nitrogens with one attached hydrogen (secondary N) is 1. The molecule has 142 valence electrons. The topological polar surface area (TPSA) is 64.6 Å². The molecule has 5 nitrogen and oxygen atoms in total. The lowest BCUT2D eigenvalue weighted by molar-refractivity contribution is -0.153. The van der Waals surface area contributed by atoms with Crippen LogP contribution in [0.5, 0.6) is 0 Å². The van der Waals surface area contributed by atoms with Gasteiger partial charge in [0.25, 0.3) is 0 Å². The van der Waals surface area contributed by atoms with Gasteiger partial charge in [0.1, 0.15) is 12.2 Å². The molecular formula is C19H37NO4. The Morgan fingerprint density at radius 2 is 1.42 bits per heavy atom. The summed E-state index contributed by atoms with van der Waals surface area (Å²) in [4.78, 5) is 24.0. The highest BCUT2D eigenvalue weighted by molar-refractivity contribution is 5.75. The third-order valence-corrected chi connectivity index (χ3v) is 4.47. The van der Waals surface area contributed by atoms with Crippen LogP contribution in [0.25, 0.3) is 0 Å². The van der Waals surface area contributed by atoms with E-state index in [0.717, 1.165) is 44.9 Å². The van der Waals surface area contributed by atoms with Crippen LogP contribution in [0.15, 0.2) is 0 Å². The fraction of sp³-hybridized carbons (Fsp3) is 0.895. The number of rotatable bonds is 12. The van der Waals surface area contributed by atoms with E-state index in [1.54, 1.807) is 0 Å². The summed E-state index contributed by atoms with van der Waals surface area (Å²) in [5.74, 6) is -0.238. The zero-order valence-corrected chi connectivity index (χ0v) is 16.5. The molecule has 0 saturated heterocycles. The largest absolute Gasteiger partial charge is 0.463 e. The van der Waals surface area contributed by atoms with Gasteiger partial charge >= 0.3 is 12.1 Å². The molecule has 0 rings (SSSR count). The Hall–Kier alpha value is -1.26. The Labute approximate surface area is 147 Å². The first-order chi connectivity index (χ1) is 11.3. The van der Waals surface area contributed by atoms with Crippen molar-refractivity contribution in [1.82, 2.24) is 5.32 Å². The Balaban J connectivity index is 4.37. The Bertz CT molecular complexity index is 363. The van der Waals surface area contributed by atoms with Crippen molar-refractivity contribution in [2.75, 3.05) is 13.2 Å². The first-order valence-electron chi connectivity index (χ1n) is 9.41. The van der Waals surface area contributed by atoms with E-state index < -0.39 is 11.5 Å². The normalized spacial score (nSPS) is 11.9. The van der Waals surface area contributed by atoms with Gasteiger partial charge in [-0.05, 0) is 39.5 Å². The smallest absolute Gasteiger partial charge is 0.407 e. The van der Waals surface area contributed by atoms with Gasteiger partial charge in [-0.15, -0.1) is 0 Å². The number of ether oxygens (including phenoxy) is 2. The molecule has 0 unspecified atom stereocenters. The second-order valence-electron chi connectivity index (χ2n) is 7.12. The van der Waals surface area contributed by atoms with Crippen molar-refractivity contribution in [3.63, 3.8) is 0 Å². The van der Waals surface area contributed by atoms with Crippen LogP contribution >= 0.6 is 0 Å². The summed E-state index contributed by atoms with van der Waals surface area (Å²) in [6.45, 7) is 12.4. The van der Waals surface area contributed by atoms with Crippen LogP contribution in [0.2, 0.25) is 0 Å². The highest BCUT2D eigenvalue weighted by Gasteiger charge is 2.32. The number of amides is 1. The summed E-state index contributed by atoms with van der Waals surface area (Å²) in [6.07, 6.45) is 5.88. The minimum absolute atomic E-state index is 0.166. The van der Waals surface area contributed by atoms with Gasteiger partial charge in [0.2, 0.25) is 0 Å². The zero-order chi connectivity index (χ0) is 18.6. The number of carbonyl (C=O) groups excluding carboxylic acids is 2. The van der Waals surface area contributed by atoms with E-state index in [9.17, 15) is 9.59 Å². The molecule has 0 aliphatic carbocycles. The van der Waals surface area contributed by atoms with E-state index in [1.165, 1.54) is 0 Å². The van der Waals surface area contributed by atoms with Crippen LogP contribution in [-0.2, 0) is 14.3 Å². The van der Waals surface area contributed by atoms with Gasteiger partial charge in [0.15, 0.2) is 0 Å². The van der Waals surface area contributed by atoms with E-state index >= 15 is 0 Å². The van der Waals surface area contributed by atoms with Gasteiger partial charge < -0.3 is 14.8 Å². The van der Waals surface area contributed by atoms with Crippen LogP contribution in [0.3, 0.4) is 0 Å². The summed E-state index contributed by atoms with van der Waals surface area (Å²) >= 11 is 0. The average molecular weight is 344 g/mol. The lowest BCUT2D eigenvalue weighted by Gasteiger charge is -2.33. The first kappa shape index (κ1) is 22.7. The maximum Gasteiger partial charge on any atom is 0.407 e. The SMILES string of the molecule is CCCC(CCC)(CCC)OC(=O)NCCOC(=O)C(C)(C)CC. The Morgan fingerprint density at radius 1 is 0.917 bits per heavy atom. The molecule has 1 amide bonds. The summed E-state index contributed by atoms with van der Waals surface area (Å²) in [7, 11) is 0. The van der Waals surface area contributed by atoms with E-state index in [0.29, 0.717) is 0 Å². The zero-order valence-electron chi connectivity index (χ0n) is 16.5.